The van der Waals surface area contributed by atoms with E-state index in [0.29, 0.717) is 18.9 Å². The molecule has 0 aliphatic rings. The second kappa shape index (κ2) is 8.09. The standard InChI is InChI=1S/C23H25NO/c1-17(2)23(19-9-4-3-5-10-19)24-15-14-22(25)21-13-12-18-8-6-7-11-20(18)16-21/h3-13,16-17,23-24H,14-15H2,1-2H3. The Morgan fingerprint density at radius 1 is 0.880 bits per heavy atom. The van der Waals surface area contributed by atoms with E-state index >= 15 is 0 Å². The first-order valence-corrected chi connectivity index (χ1v) is 8.95. The van der Waals surface area contributed by atoms with Crippen LogP contribution < -0.4 is 5.32 Å². The van der Waals surface area contributed by atoms with Crippen LogP contribution in [0.1, 0.15) is 42.2 Å². The van der Waals surface area contributed by atoms with Gasteiger partial charge in [-0.2, -0.15) is 0 Å². The van der Waals surface area contributed by atoms with Crippen LogP contribution in [0.3, 0.4) is 0 Å². The highest BCUT2D eigenvalue weighted by Crippen LogP contribution is 2.21. The molecule has 1 unspecified atom stereocenters. The summed E-state index contributed by atoms with van der Waals surface area (Å²) < 4.78 is 0. The fourth-order valence-corrected chi connectivity index (χ4v) is 3.25. The van der Waals surface area contributed by atoms with Crippen molar-refractivity contribution in [3.63, 3.8) is 0 Å². The molecule has 25 heavy (non-hydrogen) atoms. The lowest BCUT2D eigenvalue weighted by Crippen LogP contribution is -2.28. The first-order valence-electron chi connectivity index (χ1n) is 8.95. The van der Waals surface area contributed by atoms with Gasteiger partial charge >= 0.3 is 0 Å². The first-order chi connectivity index (χ1) is 12.1. The molecule has 3 rings (SSSR count). The van der Waals surface area contributed by atoms with Gasteiger partial charge < -0.3 is 5.32 Å². The molecular formula is C23H25NO. The second-order valence-electron chi connectivity index (χ2n) is 6.82. The topological polar surface area (TPSA) is 29.1 Å². The van der Waals surface area contributed by atoms with Gasteiger partial charge in [-0.05, 0) is 28.3 Å². The summed E-state index contributed by atoms with van der Waals surface area (Å²) in [6.07, 6.45) is 0.508. The minimum atomic E-state index is 0.189. The molecule has 0 saturated heterocycles. The lowest BCUT2D eigenvalue weighted by molar-refractivity contribution is 0.0981. The van der Waals surface area contributed by atoms with Crippen molar-refractivity contribution in [1.82, 2.24) is 5.32 Å². The van der Waals surface area contributed by atoms with Gasteiger partial charge in [-0.15, -0.1) is 0 Å². The zero-order valence-electron chi connectivity index (χ0n) is 14.9. The van der Waals surface area contributed by atoms with Crippen molar-refractivity contribution >= 4 is 16.6 Å². The molecule has 1 N–H and O–H groups in total. The second-order valence-corrected chi connectivity index (χ2v) is 6.82. The molecule has 0 heterocycles. The minimum Gasteiger partial charge on any atom is -0.309 e. The molecule has 0 fully saturated rings. The monoisotopic (exact) mass is 331 g/mol. The number of hydrogen-bond donors (Lipinski definition) is 1. The van der Waals surface area contributed by atoms with Crippen molar-refractivity contribution in [1.29, 1.82) is 0 Å². The molecule has 0 saturated carbocycles. The molecule has 0 aliphatic carbocycles. The molecular weight excluding hydrogens is 306 g/mol. The summed E-state index contributed by atoms with van der Waals surface area (Å²) in [5.74, 6) is 0.659. The summed E-state index contributed by atoms with van der Waals surface area (Å²) in [6, 6.07) is 24.8. The van der Waals surface area contributed by atoms with Gasteiger partial charge in [0.1, 0.15) is 0 Å². The number of nitrogens with one attached hydrogen (secondary N) is 1. The average Bonchev–Trinajstić information content (AvgIpc) is 2.65. The van der Waals surface area contributed by atoms with Gasteiger partial charge in [0, 0.05) is 24.6 Å². The Hall–Kier alpha value is -2.45. The minimum absolute atomic E-state index is 0.189. The normalized spacial score (nSPS) is 12.4. The van der Waals surface area contributed by atoms with Gasteiger partial charge in [0.25, 0.3) is 0 Å². The highest BCUT2D eigenvalue weighted by Gasteiger charge is 2.15. The predicted octanol–water partition coefficient (Wildman–Crippen LogP) is 5.40. The summed E-state index contributed by atoms with van der Waals surface area (Å²) >= 11 is 0. The number of rotatable bonds is 7. The Morgan fingerprint density at radius 2 is 1.56 bits per heavy atom. The smallest absolute Gasteiger partial charge is 0.164 e. The average molecular weight is 331 g/mol. The van der Waals surface area contributed by atoms with E-state index in [2.05, 4.69) is 55.6 Å². The number of benzene rings is 3. The largest absolute Gasteiger partial charge is 0.309 e. The Kier molecular flexibility index (Phi) is 5.62. The third-order valence-electron chi connectivity index (χ3n) is 4.61. The molecule has 0 aromatic heterocycles. The van der Waals surface area contributed by atoms with Crippen molar-refractivity contribution in [3.8, 4) is 0 Å². The molecule has 0 spiro atoms. The molecule has 3 aromatic carbocycles. The van der Waals surface area contributed by atoms with Gasteiger partial charge in [0.05, 0.1) is 0 Å². The first kappa shape index (κ1) is 17.4. The lowest BCUT2D eigenvalue weighted by Gasteiger charge is -2.23. The van der Waals surface area contributed by atoms with Crippen LogP contribution in [-0.2, 0) is 0 Å². The van der Waals surface area contributed by atoms with Gasteiger partial charge in [-0.25, -0.2) is 0 Å². The third-order valence-corrected chi connectivity index (χ3v) is 4.61. The van der Waals surface area contributed by atoms with E-state index in [9.17, 15) is 4.79 Å². The fourth-order valence-electron chi connectivity index (χ4n) is 3.25. The molecule has 0 radical (unpaired) electrons. The summed E-state index contributed by atoms with van der Waals surface area (Å²) in [5.41, 5.74) is 2.07. The van der Waals surface area contributed by atoms with E-state index in [1.165, 1.54) is 10.9 Å². The maximum Gasteiger partial charge on any atom is 0.164 e. The van der Waals surface area contributed by atoms with Crippen LogP contribution in [0.2, 0.25) is 0 Å². The SMILES string of the molecule is CC(C)C(NCCC(=O)c1ccc2ccccc2c1)c1ccccc1. The number of ketones is 1. The molecule has 1 atom stereocenters. The quantitative estimate of drug-likeness (QED) is 0.587. The van der Waals surface area contributed by atoms with E-state index in [-0.39, 0.29) is 11.8 Å². The number of fused-ring (bicyclic) bond motifs is 1. The van der Waals surface area contributed by atoms with E-state index in [1.54, 1.807) is 0 Å². The summed E-state index contributed by atoms with van der Waals surface area (Å²) in [5, 5.41) is 5.84. The summed E-state index contributed by atoms with van der Waals surface area (Å²) in [4.78, 5) is 12.5. The Labute approximate surface area is 149 Å². The highest BCUT2D eigenvalue weighted by molar-refractivity contribution is 6.00. The third kappa shape index (κ3) is 4.34. The van der Waals surface area contributed by atoms with Crippen molar-refractivity contribution in [2.75, 3.05) is 6.54 Å². The van der Waals surface area contributed by atoms with Crippen molar-refractivity contribution in [2.45, 2.75) is 26.3 Å². The van der Waals surface area contributed by atoms with Crippen LogP contribution >= 0.6 is 0 Å². The molecule has 128 valence electrons. The number of Topliss-reactive ketones (excluding diaryl/α,β-unsaturated/α-hetero) is 1. The van der Waals surface area contributed by atoms with E-state index in [4.69, 9.17) is 0 Å². The Morgan fingerprint density at radius 3 is 2.28 bits per heavy atom. The van der Waals surface area contributed by atoms with Gasteiger partial charge in [-0.3, -0.25) is 4.79 Å². The van der Waals surface area contributed by atoms with Gasteiger partial charge in [-0.1, -0.05) is 80.6 Å². The number of hydrogen-bond acceptors (Lipinski definition) is 2. The molecule has 3 aromatic rings. The van der Waals surface area contributed by atoms with Crippen LogP contribution in [0.5, 0.6) is 0 Å². The molecule has 0 aliphatic heterocycles. The maximum atomic E-state index is 12.5. The Balaban J connectivity index is 1.62. The van der Waals surface area contributed by atoms with Gasteiger partial charge in [0.2, 0.25) is 0 Å². The number of carbonyl (C=O) groups is 1. The van der Waals surface area contributed by atoms with Crippen LogP contribution in [0.4, 0.5) is 0 Å². The summed E-state index contributed by atoms with van der Waals surface area (Å²) in [6.45, 7) is 5.09. The predicted molar refractivity (Wildman–Crippen MR) is 105 cm³/mol. The highest BCUT2D eigenvalue weighted by atomic mass is 16.1. The molecule has 2 heteroatoms. The maximum absolute atomic E-state index is 12.5. The van der Waals surface area contributed by atoms with E-state index in [1.807, 2.05) is 36.4 Å². The fraction of sp³-hybridized carbons (Fsp3) is 0.261. The van der Waals surface area contributed by atoms with E-state index in [0.717, 1.165) is 10.9 Å². The van der Waals surface area contributed by atoms with Crippen LogP contribution in [0.25, 0.3) is 10.8 Å². The zero-order valence-corrected chi connectivity index (χ0v) is 14.9. The van der Waals surface area contributed by atoms with Crippen LogP contribution in [0.15, 0.2) is 72.8 Å². The number of carbonyl (C=O) groups excluding carboxylic acids is 1. The van der Waals surface area contributed by atoms with E-state index < -0.39 is 0 Å². The zero-order chi connectivity index (χ0) is 17.6. The molecule has 2 nitrogen and oxygen atoms in total. The molecule has 0 bridgehead atoms. The van der Waals surface area contributed by atoms with Crippen LogP contribution in [0, 0.1) is 5.92 Å². The van der Waals surface area contributed by atoms with Crippen molar-refractivity contribution < 1.29 is 4.79 Å². The van der Waals surface area contributed by atoms with Crippen molar-refractivity contribution in [2.24, 2.45) is 5.92 Å². The summed E-state index contributed by atoms with van der Waals surface area (Å²) in [7, 11) is 0. The lowest BCUT2D eigenvalue weighted by atomic mass is 9.95. The molecule has 0 amide bonds. The van der Waals surface area contributed by atoms with Crippen LogP contribution in [-0.4, -0.2) is 12.3 Å². The van der Waals surface area contributed by atoms with Gasteiger partial charge in [0.15, 0.2) is 5.78 Å². The van der Waals surface area contributed by atoms with Crippen molar-refractivity contribution in [3.05, 3.63) is 83.9 Å². The Bertz CT molecular complexity index is 839.